The lowest BCUT2D eigenvalue weighted by atomic mass is 10.2. The fraction of sp³-hybridized carbons (Fsp3) is 0.350. The normalized spacial score (nSPS) is 13.6. The fourth-order valence-corrected chi connectivity index (χ4v) is 4.06. The molecule has 1 N–H and O–H groups in total. The van der Waals surface area contributed by atoms with Gasteiger partial charge in [0.15, 0.2) is 11.5 Å². The van der Waals surface area contributed by atoms with E-state index in [0.717, 1.165) is 16.6 Å². The maximum atomic E-state index is 13.1. The molecule has 9 heteroatoms. The van der Waals surface area contributed by atoms with Gasteiger partial charge < -0.3 is 14.8 Å². The topological polar surface area (TPSA) is 91.6 Å². The van der Waals surface area contributed by atoms with Gasteiger partial charge in [0.05, 0.1) is 12.1 Å². The first-order valence-corrected chi connectivity index (χ1v) is 10.2. The zero-order valence-electron chi connectivity index (χ0n) is 16.1. The Morgan fingerprint density at radius 1 is 1.21 bits per heavy atom. The number of benzene rings is 1. The van der Waals surface area contributed by atoms with Crippen LogP contribution in [0.4, 0.5) is 0 Å². The molecule has 1 amide bonds. The number of hydrogen-bond acceptors (Lipinski definition) is 6. The maximum Gasteiger partial charge on any atom is 0.332 e. The zero-order chi connectivity index (χ0) is 20.5. The Balaban J connectivity index is 1.73. The third kappa shape index (κ3) is 3.65. The minimum atomic E-state index is -0.516. The Morgan fingerprint density at radius 3 is 2.79 bits per heavy atom. The standard InChI is InChI=1S/C20H21N3O5S/c1-3-12(2)21-17(24)10-22-14-6-7-29-18(14)19(25)23(20(22)26)9-13-4-5-15-16(8-13)28-11-27-15/h4-8,12H,3,9-11H2,1-2H3,(H,21,24). The number of fused-ring (bicyclic) bond motifs is 2. The third-order valence-corrected chi connectivity index (χ3v) is 5.83. The number of aromatic nitrogens is 2. The van der Waals surface area contributed by atoms with Crippen molar-refractivity contribution in [3.63, 3.8) is 0 Å². The van der Waals surface area contributed by atoms with Crippen LogP contribution in [0.3, 0.4) is 0 Å². The second kappa shape index (κ2) is 7.75. The van der Waals surface area contributed by atoms with Gasteiger partial charge in [0.1, 0.15) is 11.2 Å². The van der Waals surface area contributed by atoms with Crippen LogP contribution in [0.15, 0.2) is 39.2 Å². The van der Waals surface area contributed by atoms with Crippen LogP contribution in [0.5, 0.6) is 11.5 Å². The van der Waals surface area contributed by atoms with Gasteiger partial charge in [-0.15, -0.1) is 11.3 Å². The Hall–Kier alpha value is -3.07. The molecule has 3 heterocycles. The SMILES string of the molecule is CCC(C)NC(=O)Cn1c(=O)n(Cc2ccc3c(c2)OCO3)c(=O)c2sccc21. The predicted molar refractivity (Wildman–Crippen MR) is 110 cm³/mol. The smallest absolute Gasteiger partial charge is 0.332 e. The molecule has 0 saturated heterocycles. The summed E-state index contributed by atoms with van der Waals surface area (Å²) in [6, 6.07) is 7.01. The summed E-state index contributed by atoms with van der Waals surface area (Å²) in [5.74, 6) is 0.956. The van der Waals surface area contributed by atoms with Gasteiger partial charge in [-0.2, -0.15) is 0 Å². The van der Waals surface area contributed by atoms with E-state index in [1.165, 1.54) is 15.9 Å². The van der Waals surface area contributed by atoms with Crippen LogP contribution < -0.4 is 26.0 Å². The largest absolute Gasteiger partial charge is 0.454 e. The molecule has 3 aromatic rings. The summed E-state index contributed by atoms with van der Waals surface area (Å²) < 4.78 is 13.6. The molecule has 1 aromatic carbocycles. The molecule has 0 fully saturated rings. The highest BCUT2D eigenvalue weighted by Crippen LogP contribution is 2.32. The molecule has 0 spiro atoms. The van der Waals surface area contributed by atoms with Gasteiger partial charge >= 0.3 is 5.69 Å². The number of carbonyl (C=O) groups is 1. The maximum absolute atomic E-state index is 13.1. The van der Waals surface area contributed by atoms with Crippen LogP contribution >= 0.6 is 11.3 Å². The van der Waals surface area contributed by atoms with Crippen molar-refractivity contribution in [2.75, 3.05) is 6.79 Å². The number of amides is 1. The minimum absolute atomic E-state index is 0.00991. The van der Waals surface area contributed by atoms with Crippen LogP contribution in [-0.4, -0.2) is 27.9 Å². The molecule has 0 radical (unpaired) electrons. The summed E-state index contributed by atoms with van der Waals surface area (Å²) in [6.07, 6.45) is 0.790. The summed E-state index contributed by atoms with van der Waals surface area (Å²) in [4.78, 5) is 38.4. The first-order chi connectivity index (χ1) is 14.0. The van der Waals surface area contributed by atoms with Gasteiger partial charge in [-0.05, 0) is 42.5 Å². The highest BCUT2D eigenvalue weighted by molar-refractivity contribution is 7.17. The van der Waals surface area contributed by atoms with E-state index in [1.807, 2.05) is 13.8 Å². The van der Waals surface area contributed by atoms with Gasteiger partial charge in [0, 0.05) is 6.04 Å². The second-order valence-corrected chi connectivity index (χ2v) is 7.88. The summed E-state index contributed by atoms with van der Waals surface area (Å²) >= 11 is 1.26. The van der Waals surface area contributed by atoms with E-state index in [9.17, 15) is 14.4 Å². The molecule has 4 rings (SSSR count). The Bertz CT molecular complexity index is 1190. The van der Waals surface area contributed by atoms with Gasteiger partial charge in [0.2, 0.25) is 12.7 Å². The van der Waals surface area contributed by atoms with Gasteiger partial charge in [-0.3, -0.25) is 18.7 Å². The van der Waals surface area contributed by atoms with Crippen LogP contribution in [0.25, 0.3) is 10.2 Å². The highest BCUT2D eigenvalue weighted by atomic mass is 32.1. The quantitative estimate of drug-likeness (QED) is 0.664. The Kier molecular flexibility index (Phi) is 5.14. The molecular weight excluding hydrogens is 394 g/mol. The monoisotopic (exact) mass is 415 g/mol. The molecule has 2 aromatic heterocycles. The van der Waals surface area contributed by atoms with E-state index in [-0.39, 0.29) is 37.4 Å². The molecule has 0 bridgehead atoms. The third-order valence-electron chi connectivity index (χ3n) is 4.94. The fourth-order valence-electron chi connectivity index (χ4n) is 3.21. The van der Waals surface area contributed by atoms with E-state index >= 15 is 0 Å². The number of ether oxygens (including phenoxy) is 2. The van der Waals surface area contributed by atoms with Gasteiger partial charge in [-0.1, -0.05) is 13.0 Å². The summed E-state index contributed by atoms with van der Waals surface area (Å²) in [5.41, 5.74) is 0.334. The molecule has 0 aliphatic carbocycles. The summed E-state index contributed by atoms with van der Waals surface area (Å²) in [5, 5.41) is 4.61. The highest BCUT2D eigenvalue weighted by Gasteiger charge is 2.19. The average molecular weight is 415 g/mol. The molecule has 0 saturated carbocycles. The molecule has 8 nitrogen and oxygen atoms in total. The molecule has 29 heavy (non-hydrogen) atoms. The Labute approximate surface area is 170 Å². The molecular formula is C20H21N3O5S. The van der Waals surface area contributed by atoms with Crippen molar-refractivity contribution < 1.29 is 14.3 Å². The average Bonchev–Trinajstić information content (AvgIpc) is 3.37. The van der Waals surface area contributed by atoms with Crippen LogP contribution in [0, 0.1) is 0 Å². The second-order valence-electron chi connectivity index (χ2n) is 6.96. The van der Waals surface area contributed by atoms with Crippen LogP contribution in [0.2, 0.25) is 0 Å². The number of nitrogens with zero attached hydrogens (tertiary/aromatic N) is 2. The van der Waals surface area contributed by atoms with E-state index < -0.39 is 5.69 Å². The van der Waals surface area contributed by atoms with E-state index in [4.69, 9.17) is 9.47 Å². The van der Waals surface area contributed by atoms with Crippen molar-refractivity contribution in [1.82, 2.24) is 14.5 Å². The van der Waals surface area contributed by atoms with Crippen molar-refractivity contribution in [2.45, 2.75) is 39.4 Å². The zero-order valence-corrected chi connectivity index (χ0v) is 17.0. The molecule has 1 atom stereocenters. The molecule has 1 unspecified atom stereocenters. The lowest BCUT2D eigenvalue weighted by Gasteiger charge is -2.15. The predicted octanol–water partition coefficient (Wildman–Crippen LogP) is 1.92. The number of hydrogen-bond donors (Lipinski definition) is 1. The minimum Gasteiger partial charge on any atom is -0.454 e. The first kappa shape index (κ1) is 19.3. The van der Waals surface area contributed by atoms with E-state index in [1.54, 1.807) is 29.6 Å². The molecule has 1 aliphatic heterocycles. The van der Waals surface area contributed by atoms with Crippen LogP contribution in [0.1, 0.15) is 25.8 Å². The number of nitrogens with one attached hydrogen (secondary N) is 1. The summed E-state index contributed by atoms with van der Waals surface area (Å²) in [6.45, 7) is 3.96. The van der Waals surface area contributed by atoms with Crippen molar-refractivity contribution in [3.8, 4) is 11.5 Å². The lowest BCUT2D eigenvalue weighted by Crippen LogP contribution is -2.43. The number of thiophene rings is 1. The molecule has 1 aliphatic rings. The number of carbonyl (C=O) groups excluding carboxylic acids is 1. The lowest BCUT2D eigenvalue weighted by molar-refractivity contribution is -0.122. The van der Waals surface area contributed by atoms with Crippen molar-refractivity contribution in [3.05, 3.63) is 56.0 Å². The van der Waals surface area contributed by atoms with Gasteiger partial charge in [0.25, 0.3) is 5.56 Å². The Morgan fingerprint density at radius 2 is 2.00 bits per heavy atom. The van der Waals surface area contributed by atoms with Crippen molar-refractivity contribution in [2.24, 2.45) is 0 Å². The van der Waals surface area contributed by atoms with E-state index in [0.29, 0.717) is 21.7 Å². The van der Waals surface area contributed by atoms with Crippen molar-refractivity contribution >= 4 is 27.5 Å². The first-order valence-electron chi connectivity index (χ1n) is 9.36. The number of rotatable bonds is 6. The van der Waals surface area contributed by atoms with E-state index in [2.05, 4.69) is 5.32 Å². The van der Waals surface area contributed by atoms with Gasteiger partial charge in [-0.25, -0.2) is 4.79 Å². The van der Waals surface area contributed by atoms with Crippen LogP contribution in [-0.2, 0) is 17.9 Å². The van der Waals surface area contributed by atoms with Crippen molar-refractivity contribution in [1.29, 1.82) is 0 Å². The molecule has 152 valence electrons. The summed E-state index contributed by atoms with van der Waals surface area (Å²) in [7, 11) is 0.